The number of hydrogen-bond acceptors (Lipinski definition) is 3. The van der Waals surface area contributed by atoms with Crippen LogP contribution in [0, 0.1) is 0 Å². The van der Waals surface area contributed by atoms with Crippen LogP contribution in [0.5, 0.6) is 11.5 Å². The van der Waals surface area contributed by atoms with Gasteiger partial charge in [-0.05, 0) is 23.3 Å². The van der Waals surface area contributed by atoms with Crippen molar-refractivity contribution < 1.29 is 10.2 Å². The highest BCUT2D eigenvalue weighted by atomic mass is 16.3. The van der Waals surface area contributed by atoms with Crippen molar-refractivity contribution in [1.82, 2.24) is 0 Å². The van der Waals surface area contributed by atoms with Gasteiger partial charge in [-0.25, -0.2) is 0 Å². The zero-order valence-corrected chi connectivity index (χ0v) is 12.0. The fraction of sp³-hybridized carbons (Fsp3) is 0.0526. The molecule has 0 aliphatic heterocycles. The molecule has 0 radical (unpaired) electrons. The van der Waals surface area contributed by atoms with E-state index in [1.165, 1.54) is 6.07 Å². The molecule has 0 saturated carbocycles. The van der Waals surface area contributed by atoms with E-state index in [1.54, 1.807) is 12.1 Å². The van der Waals surface area contributed by atoms with Crippen molar-refractivity contribution >= 4 is 5.69 Å². The van der Waals surface area contributed by atoms with Crippen molar-refractivity contribution in [1.29, 1.82) is 0 Å². The van der Waals surface area contributed by atoms with Crippen LogP contribution < -0.4 is 5.32 Å². The van der Waals surface area contributed by atoms with E-state index in [-0.39, 0.29) is 17.5 Å². The number of anilines is 1. The molecule has 3 aromatic rings. The van der Waals surface area contributed by atoms with Crippen LogP contribution in [0.4, 0.5) is 5.69 Å². The van der Waals surface area contributed by atoms with Crippen LogP contribution in [-0.2, 0) is 0 Å². The van der Waals surface area contributed by atoms with E-state index in [9.17, 15) is 10.2 Å². The maximum absolute atomic E-state index is 10.0. The number of hydrogen-bond donors (Lipinski definition) is 3. The fourth-order valence-corrected chi connectivity index (χ4v) is 2.45. The third-order valence-electron chi connectivity index (χ3n) is 3.55. The van der Waals surface area contributed by atoms with Gasteiger partial charge in [0.15, 0.2) is 0 Å². The minimum Gasteiger partial charge on any atom is -0.508 e. The lowest BCUT2D eigenvalue weighted by molar-refractivity contribution is 0.451. The van der Waals surface area contributed by atoms with Gasteiger partial charge in [0.05, 0.1) is 11.7 Å². The Balaban J connectivity index is 1.99. The monoisotopic (exact) mass is 291 g/mol. The summed E-state index contributed by atoms with van der Waals surface area (Å²) < 4.78 is 0. The molecule has 3 aromatic carbocycles. The molecule has 0 heterocycles. The lowest BCUT2D eigenvalue weighted by Gasteiger charge is -2.21. The number of rotatable bonds is 4. The zero-order chi connectivity index (χ0) is 15.4. The summed E-state index contributed by atoms with van der Waals surface area (Å²) in [5, 5.41) is 22.8. The molecule has 3 rings (SSSR count). The predicted octanol–water partition coefficient (Wildman–Crippen LogP) is 4.30. The molecule has 110 valence electrons. The quantitative estimate of drug-likeness (QED) is 0.496. The van der Waals surface area contributed by atoms with Gasteiger partial charge in [-0.3, -0.25) is 0 Å². The Morgan fingerprint density at radius 1 is 0.682 bits per heavy atom. The molecule has 3 N–H and O–H groups in total. The van der Waals surface area contributed by atoms with E-state index in [0.717, 1.165) is 11.1 Å². The van der Waals surface area contributed by atoms with Crippen molar-refractivity contribution in [2.75, 3.05) is 5.32 Å². The average Bonchev–Trinajstić information content (AvgIpc) is 2.56. The fourth-order valence-electron chi connectivity index (χ4n) is 2.45. The molecular formula is C19H17NO2. The summed E-state index contributed by atoms with van der Waals surface area (Å²) >= 11 is 0. The molecule has 0 bridgehead atoms. The lowest BCUT2D eigenvalue weighted by atomic mass is 9.98. The lowest BCUT2D eigenvalue weighted by Crippen LogP contribution is -2.12. The maximum atomic E-state index is 10.0. The number of nitrogens with one attached hydrogen (secondary N) is 1. The van der Waals surface area contributed by atoms with E-state index in [2.05, 4.69) is 5.32 Å². The van der Waals surface area contributed by atoms with E-state index in [0.29, 0.717) is 5.69 Å². The van der Waals surface area contributed by atoms with Gasteiger partial charge < -0.3 is 15.5 Å². The van der Waals surface area contributed by atoms with Crippen LogP contribution in [0.15, 0.2) is 78.9 Å². The first kappa shape index (κ1) is 14.0. The van der Waals surface area contributed by atoms with Gasteiger partial charge in [0.1, 0.15) is 11.5 Å². The first-order valence-electron chi connectivity index (χ1n) is 7.12. The topological polar surface area (TPSA) is 52.5 Å². The highest BCUT2D eigenvalue weighted by Crippen LogP contribution is 2.33. The Morgan fingerprint density at radius 3 is 1.73 bits per heavy atom. The third kappa shape index (κ3) is 3.04. The number of phenols is 2. The van der Waals surface area contributed by atoms with E-state index in [1.807, 2.05) is 60.7 Å². The largest absolute Gasteiger partial charge is 0.508 e. The SMILES string of the molecule is Oc1ccc(NC(c2ccccc2)c2ccccc2)c(O)c1. The maximum Gasteiger partial charge on any atom is 0.142 e. The molecule has 0 aliphatic rings. The van der Waals surface area contributed by atoms with E-state index in [4.69, 9.17) is 0 Å². The molecule has 0 aromatic heterocycles. The molecule has 0 atom stereocenters. The summed E-state index contributed by atoms with van der Waals surface area (Å²) in [6, 6.07) is 24.5. The molecular weight excluding hydrogens is 274 g/mol. The Kier molecular flexibility index (Phi) is 3.97. The van der Waals surface area contributed by atoms with Crippen molar-refractivity contribution in [2.24, 2.45) is 0 Å². The molecule has 0 saturated heterocycles. The Bertz CT molecular complexity index is 702. The van der Waals surface area contributed by atoms with Crippen LogP contribution >= 0.6 is 0 Å². The first-order chi connectivity index (χ1) is 10.7. The summed E-state index contributed by atoms with van der Waals surface area (Å²) in [6.45, 7) is 0. The third-order valence-corrected chi connectivity index (χ3v) is 3.55. The van der Waals surface area contributed by atoms with Gasteiger partial charge in [0.25, 0.3) is 0 Å². The Morgan fingerprint density at radius 2 is 1.23 bits per heavy atom. The number of benzene rings is 3. The standard InChI is InChI=1S/C19H17NO2/c21-16-11-12-17(18(22)13-16)20-19(14-7-3-1-4-8-14)15-9-5-2-6-10-15/h1-13,19-22H. The van der Waals surface area contributed by atoms with Crippen LogP contribution in [0.1, 0.15) is 17.2 Å². The second kappa shape index (κ2) is 6.22. The molecule has 0 fully saturated rings. The van der Waals surface area contributed by atoms with Gasteiger partial charge in [0, 0.05) is 6.07 Å². The van der Waals surface area contributed by atoms with Crippen LogP contribution in [0.2, 0.25) is 0 Å². The first-order valence-corrected chi connectivity index (χ1v) is 7.12. The highest BCUT2D eigenvalue weighted by molar-refractivity contribution is 5.60. The van der Waals surface area contributed by atoms with Gasteiger partial charge in [0.2, 0.25) is 0 Å². The summed E-state index contributed by atoms with van der Waals surface area (Å²) in [6.07, 6.45) is 0. The van der Waals surface area contributed by atoms with Gasteiger partial charge >= 0.3 is 0 Å². The summed E-state index contributed by atoms with van der Waals surface area (Å²) in [5.41, 5.74) is 2.78. The van der Waals surface area contributed by atoms with Gasteiger partial charge in [-0.15, -0.1) is 0 Å². The second-order valence-corrected chi connectivity index (χ2v) is 5.10. The summed E-state index contributed by atoms with van der Waals surface area (Å²) in [4.78, 5) is 0. The molecule has 0 amide bonds. The molecule has 3 heteroatoms. The smallest absolute Gasteiger partial charge is 0.142 e. The summed E-state index contributed by atoms with van der Waals surface area (Å²) in [5.74, 6) is 0.0656. The predicted molar refractivity (Wildman–Crippen MR) is 88.1 cm³/mol. The van der Waals surface area contributed by atoms with Crippen molar-refractivity contribution in [3.05, 3.63) is 90.0 Å². The zero-order valence-electron chi connectivity index (χ0n) is 12.0. The average molecular weight is 291 g/mol. The van der Waals surface area contributed by atoms with Crippen molar-refractivity contribution in [3.8, 4) is 11.5 Å². The molecule has 0 unspecified atom stereocenters. The molecule has 0 spiro atoms. The normalized spacial score (nSPS) is 10.6. The molecule has 0 aliphatic carbocycles. The number of aromatic hydroxyl groups is 2. The second-order valence-electron chi connectivity index (χ2n) is 5.10. The van der Waals surface area contributed by atoms with Crippen LogP contribution in [-0.4, -0.2) is 10.2 Å². The molecule has 3 nitrogen and oxygen atoms in total. The minimum absolute atomic E-state index is 0.0249. The molecule has 22 heavy (non-hydrogen) atoms. The number of phenolic OH excluding ortho intramolecular Hbond substituents is 2. The van der Waals surface area contributed by atoms with Crippen molar-refractivity contribution in [2.45, 2.75) is 6.04 Å². The van der Waals surface area contributed by atoms with E-state index < -0.39 is 0 Å². The Labute approximate surface area is 129 Å². The minimum atomic E-state index is -0.0853. The van der Waals surface area contributed by atoms with Crippen LogP contribution in [0.25, 0.3) is 0 Å². The van der Waals surface area contributed by atoms with E-state index >= 15 is 0 Å². The van der Waals surface area contributed by atoms with Crippen molar-refractivity contribution in [3.63, 3.8) is 0 Å². The van der Waals surface area contributed by atoms with Gasteiger partial charge in [-0.1, -0.05) is 60.7 Å². The van der Waals surface area contributed by atoms with Gasteiger partial charge in [-0.2, -0.15) is 0 Å². The highest BCUT2D eigenvalue weighted by Gasteiger charge is 2.15. The Hall–Kier alpha value is -2.94. The van der Waals surface area contributed by atoms with Crippen LogP contribution in [0.3, 0.4) is 0 Å². The summed E-state index contributed by atoms with van der Waals surface area (Å²) in [7, 11) is 0.